The minimum atomic E-state index is -4.34. The van der Waals surface area contributed by atoms with Crippen molar-refractivity contribution in [3.05, 3.63) is 70.8 Å². The van der Waals surface area contributed by atoms with Gasteiger partial charge in [-0.3, -0.25) is 0 Å². The van der Waals surface area contributed by atoms with Gasteiger partial charge in [-0.25, -0.2) is 0 Å². The zero-order valence-corrected chi connectivity index (χ0v) is 11.3. The quantitative estimate of drug-likeness (QED) is 0.885. The summed E-state index contributed by atoms with van der Waals surface area (Å²) in [4.78, 5) is 0. The summed E-state index contributed by atoms with van der Waals surface area (Å²) in [5, 5.41) is 12.0. The number of aliphatic hydroxyl groups excluding tert-OH is 1. The summed E-state index contributed by atoms with van der Waals surface area (Å²) in [5.41, 5.74) is 1.32. The van der Waals surface area contributed by atoms with E-state index in [-0.39, 0.29) is 18.7 Å². The molecular formula is C16H16F3NO. The Morgan fingerprint density at radius 2 is 1.62 bits per heavy atom. The molecule has 0 atom stereocenters. The van der Waals surface area contributed by atoms with Crippen LogP contribution < -0.4 is 5.32 Å². The van der Waals surface area contributed by atoms with Gasteiger partial charge in [0.15, 0.2) is 0 Å². The number of alkyl halides is 3. The number of rotatable bonds is 5. The lowest BCUT2D eigenvalue weighted by Crippen LogP contribution is -2.17. The molecule has 0 aliphatic heterocycles. The summed E-state index contributed by atoms with van der Waals surface area (Å²) < 4.78 is 38.5. The van der Waals surface area contributed by atoms with Crippen molar-refractivity contribution in [3.8, 4) is 0 Å². The second kappa shape index (κ2) is 6.74. The van der Waals surface area contributed by atoms with Crippen LogP contribution in [0.1, 0.15) is 22.3 Å². The lowest BCUT2D eigenvalue weighted by Gasteiger charge is -2.13. The number of aliphatic hydroxyl groups is 1. The van der Waals surface area contributed by atoms with Crippen LogP contribution in [0.5, 0.6) is 0 Å². The maximum absolute atomic E-state index is 12.8. The molecule has 0 saturated heterocycles. The maximum atomic E-state index is 12.8. The Bertz CT molecular complexity index is 596. The van der Waals surface area contributed by atoms with Gasteiger partial charge in [0.25, 0.3) is 0 Å². The Hall–Kier alpha value is -1.85. The number of nitrogens with one attached hydrogen (secondary N) is 1. The van der Waals surface area contributed by atoms with E-state index >= 15 is 0 Å². The summed E-state index contributed by atoms with van der Waals surface area (Å²) >= 11 is 0. The fourth-order valence-corrected chi connectivity index (χ4v) is 2.13. The molecule has 0 bridgehead atoms. The smallest absolute Gasteiger partial charge is 0.392 e. The highest BCUT2D eigenvalue weighted by molar-refractivity contribution is 5.29. The molecule has 21 heavy (non-hydrogen) atoms. The van der Waals surface area contributed by atoms with Crippen LogP contribution in [0.4, 0.5) is 13.2 Å². The normalized spacial score (nSPS) is 11.6. The topological polar surface area (TPSA) is 32.3 Å². The molecule has 5 heteroatoms. The van der Waals surface area contributed by atoms with Gasteiger partial charge in [0.1, 0.15) is 0 Å². The van der Waals surface area contributed by atoms with Crippen LogP contribution in [0.15, 0.2) is 48.5 Å². The second-order valence-electron chi connectivity index (χ2n) is 4.74. The standard InChI is InChI=1S/C16H16F3NO/c17-16(18,19)15-7-2-1-6-14(15)10-20-9-12-4-3-5-13(8-12)11-21/h1-8,20-21H,9-11H2. The third kappa shape index (κ3) is 4.31. The highest BCUT2D eigenvalue weighted by Crippen LogP contribution is 2.31. The van der Waals surface area contributed by atoms with E-state index in [2.05, 4.69) is 5.32 Å². The molecule has 2 N–H and O–H groups in total. The summed E-state index contributed by atoms with van der Waals surface area (Å²) in [6.07, 6.45) is -4.34. The number of hydrogen-bond acceptors (Lipinski definition) is 2. The first-order valence-electron chi connectivity index (χ1n) is 6.55. The minimum Gasteiger partial charge on any atom is -0.392 e. The van der Waals surface area contributed by atoms with Gasteiger partial charge in [0.05, 0.1) is 12.2 Å². The van der Waals surface area contributed by atoms with Gasteiger partial charge < -0.3 is 10.4 Å². The van der Waals surface area contributed by atoms with E-state index in [0.717, 1.165) is 17.2 Å². The maximum Gasteiger partial charge on any atom is 0.416 e. The van der Waals surface area contributed by atoms with Crippen LogP contribution in [0, 0.1) is 0 Å². The minimum absolute atomic E-state index is 0.0508. The zero-order valence-electron chi connectivity index (χ0n) is 11.3. The molecule has 112 valence electrons. The van der Waals surface area contributed by atoms with Gasteiger partial charge in [0, 0.05) is 13.1 Å². The molecule has 2 aromatic rings. The monoisotopic (exact) mass is 295 g/mol. The van der Waals surface area contributed by atoms with E-state index in [1.165, 1.54) is 12.1 Å². The Labute approximate surface area is 121 Å². The molecule has 0 saturated carbocycles. The van der Waals surface area contributed by atoms with Crippen molar-refractivity contribution in [1.82, 2.24) is 5.32 Å². The first-order valence-corrected chi connectivity index (χ1v) is 6.55. The van der Waals surface area contributed by atoms with E-state index in [1.807, 2.05) is 18.2 Å². The van der Waals surface area contributed by atoms with Crippen molar-refractivity contribution < 1.29 is 18.3 Å². The predicted octanol–water partition coefficient (Wildman–Crippen LogP) is 3.49. The fourth-order valence-electron chi connectivity index (χ4n) is 2.13. The third-order valence-electron chi connectivity index (χ3n) is 3.14. The number of benzene rings is 2. The van der Waals surface area contributed by atoms with Crippen LogP contribution >= 0.6 is 0 Å². The Balaban J connectivity index is 2.01. The molecule has 0 amide bonds. The van der Waals surface area contributed by atoms with Gasteiger partial charge in [-0.05, 0) is 22.8 Å². The molecule has 0 radical (unpaired) electrons. The molecule has 0 aliphatic carbocycles. The van der Waals surface area contributed by atoms with Gasteiger partial charge in [-0.1, -0.05) is 42.5 Å². The van der Waals surface area contributed by atoms with E-state index in [1.54, 1.807) is 12.1 Å². The highest BCUT2D eigenvalue weighted by Gasteiger charge is 2.32. The SMILES string of the molecule is OCc1cccc(CNCc2ccccc2C(F)(F)F)c1. The molecule has 2 rings (SSSR count). The van der Waals surface area contributed by atoms with Crippen LogP contribution in [-0.2, 0) is 25.9 Å². The molecule has 2 nitrogen and oxygen atoms in total. The highest BCUT2D eigenvalue weighted by atomic mass is 19.4. The van der Waals surface area contributed by atoms with E-state index in [4.69, 9.17) is 5.11 Å². The molecule has 0 fully saturated rings. The molecule has 0 heterocycles. The van der Waals surface area contributed by atoms with Gasteiger partial charge in [-0.15, -0.1) is 0 Å². The summed E-state index contributed by atoms with van der Waals surface area (Å²) in [5.74, 6) is 0. The first kappa shape index (κ1) is 15.5. The lowest BCUT2D eigenvalue weighted by molar-refractivity contribution is -0.138. The van der Waals surface area contributed by atoms with Crippen LogP contribution in [0.25, 0.3) is 0 Å². The molecule has 0 aromatic heterocycles. The van der Waals surface area contributed by atoms with Crippen molar-refractivity contribution in [2.75, 3.05) is 0 Å². The largest absolute Gasteiger partial charge is 0.416 e. The summed E-state index contributed by atoms with van der Waals surface area (Å²) in [6.45, 7) is 0.532. The van der Waals surface area contributed by atoms with Crippen molar-refractivity contribution in [2.24, 2.45) is 0 Å². The van der Waals surface area contributed by atoms with Gasteiger partial charge in [-0.2, -0.15) is 13.2 Å². The van der Waals surface area contributed by atoms with Crippen molar-refractivity contribution in [1.29, 1.82) is 0 Å². The molecule has 0 unspecified atom stereocenters. The van der Waals surface area contributed by atoms with Crippen LogP contribution in [0.2, 0.25) is 0 Å². The van der Waals surface area contributed by atoms with E-state index in [9.17, 15) is 13.2 Å². The van der Waals surface area contributed by atoms with Crippen molar-refractivity contribution in [2.45, 2.75) is 25.9 Å². The third-order valence-corrected chi connectivity index (χ3v) is 3.14. The Morgan fingerprint density at radius 1 is 0.905 bits per heavy atom. The fraction of sp³-hybridized carbons (Fsp3) is 0.250. The van der Waals surface area contributed by atoms with Crippen LogP contribution in [0.3, 0.4) is 0 Å². The number of halogens is 3. The molecule has 0 spiro atoms. The van der Waals surface area contributed by atoms with E-state index < -0.39 is 11.7 Å². The molecule has 0 aliphatic rings. The Kier molecular flexibility index (Phi) is 4.98. The average Bonchev–Trinajstić information content (AvgIpc) is 2.47. The van der Waals surface area contributed by atoms with Crippen molar-refractivity contribution >= 4 is 0 Å². The average molecular weight is 295 g/mol. The summed E-state index contributed by atoms with van der Waals surface area (Å²) in [6, 6.07) is 12.8. The van der Waals surface area contributed by atoms with E-state index in [0.29, 0.717) is 6.54 Å². The predicted molar refractivity (Wildman–Crippen MR) is 74.4 cm³/mol. The number of hydrogen-bond donors (Lipinski definition) is 2. The van der Waals surface area contributed by atoms with Gasteiger partial charge >= 0.3 is 6.18 Å². The zero-order chi connectivity index (χ0) is 15.3. The summed E-state index contributed by atoms with van der Waals surface area (Å²) in [7, 11) is 0. The molecule has 2 aromatic carbocycles. The second-order valence-corrected chi connectivity index (χ2v) is 4.74. The lowest BCUT2D eigenvalue weighted by atomic mass is 10.1. The Morgan fingerprint density at radius 3 is 2.33 bits per heavy atom. The van der Waals surface area contributed by atoms with Crippen molar-refractivity contribution in [3.63, 3.8) is 0 Å². The first-order chi connectivity index (χ1) is 10.0. The van der Waals surface area contributed by atoms with Crippen LogP contribution in [-0.4, -0.2) is 5.11 Å². The molecular weight excluding hydrogens is 279 g/mol. The van der Waals surface area contributed by atoms with Gasteiger partial charge in [0.2, 0.25) is 0 Å².